The van der Waals surface area contributed by atoms with Crippen LogP contribution in [0.2, 0.25) is 0 Å². The summed E-state index contributed by atoms with van der Waals surface area (Å²) in [7, 11) is 1.50. The van der Waals surface area contributed by atoms with Crippen LogP contribution in [0, 0.1) is 5.82 Å². The number of methoxy groups -OCH3 is 1. The Labute approximate surface area is 99.3 Å². The largest absolute Gasteiger partial charge is 0.497 e. The summed E-state index contributed by atoms with van der Waals surface area (Å²) in [4.78, 5) is 0. The lowest BCUT2D eigenvalue weighted by molar-refractivity contribution is 0.413. The molecule has 4 nitrogen and oxygen atoms in total. The van der Waals surface area contributed by atoms with Gasteiger partial charge in [0.05, 0.1) is 23.3 Å². The van der Waals surface area contributed by atoms with E-state index in [-0.39, 0.29) is 11.4 Å². The molecule has 1 aromatic heterocycles. The van der Waals surface area contributed by atoms with Gasteiger partial charge in [0.2, 0.25) is 5.88 Å². The molecule has 0 aliphatic heterocycles. The maximum atomic E-state index is 13.8. The Hall–Kier alpha value is -1.56. The maximum absolute atomic E-state index is 13.8. The number of hydrogen-bond donors (Lipinski definition) is 1. The van der Waals surface area contributed by atoms with Gasteiger partial charge in [-0.3, -0.25) is 0 Å². The number of nitrogen functional groups attached to an aromatic ring is 1. The van der Waals surface area contributed by atoms with Crippen LogP contribution in [0.1, 0.15) is 0 Å². The smallest absolute Gasteiger partial charge is 0.230 e. The predicted octanol–water partition coefficient (Wildman–Crippen LogP) is 2.83. The maximum Gasteiger partial charge on any atom is 0.230 e. The van der Waals surface area contributed by atoms with Gasteiger partial charge in [0.15, 0.2) is 0 Å². The van der Waals surface area contributed by atoms with Gasteiger partial charge in [-0.05, 0) is 28.1 Å². The Morgan fingerprint density at radius 3 is 2.75 bits per heavy atom. The van der Waals surface area contributed by atoms with Crippen LogP contribution in [0.4, 0.5) is 10.3 Å². The number of nitrogens with zero attached hydrogens (tertiary/aromatic N) is 1. The van der Waals surface area contributed by atoms with E-state index in [2.05, 4.69) is 21.1 Å². The third-order valence-corrected chi connectivity index (χ3v) is 2.70. The number of aromatic nitrogens is 1. The zero-order chi connectivity index (χ0) is 11.7. The fourth-order valence-corrected chi connectivity index (χ4v) is 1.77. The molecule has 0 unspecified atom stereocenters. The van der Waals surface area contributed by atoms with Crippen molar-refractivity contribution < 1.29 is 13.7 Å². The first-order valence-electron chi connectivity index (χ1n) is 4.37. The normalized spacial score (nSPS) is 10.4. The van der Waals surface area contributed by atoms with E-state index in [0.29, 0.717) is 15.8 Å². The van der Waals surface area contributed by atoms with Gasteiger partial charge in [-0.2, -0.15) is 0 Å². The number of halogens is 2. The number of rotatable bonds is 2. The van der Waals surface area contributed by atoms with Crippen LogP contribution >= 0.6 is 15.9 Å². The fraction of sp³-hybridized carbons (Fsp3) is 0.100. The van der Waals surface area contributed by atoms with Gasteiger partial charge < -0.3 is 15.0 Å². The molecule has 0 saturated carbocycles. The molecule has 0 saturated heterocycles. The van der Waals surface area contributed by atoms with Crippen molar-refractivity contribution in [1.82, 2.24) is 5.16 Å². The molecule has 0 aliphatic carbocycles. The second-order valence-corrected chi connectivity index (χ2v) is 3.93. The second-order valence-electron chi connectivity index (χ2n) is 3.07. The lowest BCUT2D eigenvalue weighted by atomic mass is 10.1. The van der Waals surface area contributed by atoms with Crippen LogP contribution < -0.4 is 10.5 Å². The van der Waals surface area contributed by atoms with E-state index in [9.17, 15) is 4.39 Å². The standard InChI is InChI=1S/C10H8BrFN2O2/c1-15-5-2-6(9(12)8(11)3-5)7-4-14-16-10(7)13/h2-4H,13H2,1H3. The molecule has 1 aromatic carbocycles. The average molecular weight is 287 g/mol. The van der Waals surface area contributed by atoms with Crippen LogP contribution in [0.15, 0.2) is 27.3 Å². The van der Waals surface area contributed by atoms with Gasteiger partial charge in [0, 0.05) is 5.56 Å². The third-order valence-electron chi connectivity index (χ3n) is 2.13. The van der Waals surface area contributed by atoms with E-state index in [1.165, 1.54) is 25.4 Å². The first kappa shape index (κ1) is 10.9. The number of hydrogen-bond acceptors (Lipinski definition) is 4. The summed E-state index contributed by atoms with van der Waals surface area (Å²) in [6.45, 7) is 0. The van der Waals surface area contributed by atoms with Gasteiger partial charge in [0.25, 0.3) is 0 Å². The van der Waals surface area contributed by atoms with Crippen molar-refractivity contribution in [3.8, 4) is 16.9 Å². The summed E-state index contributed by atoms with van der Waals surface area (Å²) < 4.78 is 23.9. The number of nitrogens with two attached hydrogens (primary N) is 1. The highest BCUT2D eigenvalue weighted by atomic mass is 79.9. The first-order chi connectivity index (χ1) is 7.63. The second kappa shape index (κ2) is 4.13. The average Bonchev–Trinajstić information content (AvgIpc) is 2.68. The SMILES string of the molecule is COc1cc(Br)c(F)c(-c2cnoc2N)c1. The molecule has 2 rings (SSSR count). The van der Waals surface area contributed by atoms with Crippen molar-refractivity contribution in [3.63, 3.8) is 0 Å². The molecule has 0 atom stereocenters. The Balaban J connectivity index is 2.64. The Morgan fingerprint density at radius 1 is 1.44 bits per heavy atom. The highest BCUT2D eigenvalue weighted by Crippen LogP contribution is 2.35. The summed E-state index contributed by atoms with van der Waals surface area (Å²) >= 11 is 3.10. The van der Waals surface area contributed by atoms with E-state index in [0.717, 1.165) is 0 Å². The molecule has 0 spiro atoms. The fourth-order valence-electron chi connectivity index (χ4n) is 1.33. The van der Waals surface area contributed by atoms with Gasteiger partial charge in [-0.25, -0.2) is 4.39 Å². The van der Waals surface area contributed by atoms with Crippen molar-refractivity contribution in [2.24, 2.45) is 0 Å². The van der Waals surface area contributed by atoms with Gasteiger partial charge in [0.1, 0.15) is 11.6 Å². The number of anilines is 1. The molecule has 0 fully saturated rings. The monoisotopic (exact) mass is 286 g/mol. The molecule has 2 aromatic rings. The van der Waals surface area contributed by atoms with Gasteiger partial charge in [-0.15, -0.1) is 0 Å². The molecule has 0 bridgehead atoms. The quantitative estimate of drug-likeness (QED) is 0.922. The molecule has 0 amide bonds. The van der Waals surface area contributed by atoms with Crippen LogP contribution in [0.3, 0.4) is 0 Å². The lowest BCUT2D eigenvalue weighted by Gasteiger charge is -2.06. The minimum Gasteiger partial charge on any atom is -0.497 e. The highest BCUT2D eigenvalue weighted by molar-refractivity contribution is 9.10. The van der Waals surface area contributed by atoms with E-state index in [1.807, 2.05) is 0 Å². The third kappa shape index (κ3) is 1.76. The van der Waals surface area contributed by atoms with Crippen molar-refractivity contribution in [2.75, 3.05) is 12.8 Å². The first-order valence-corrected chi connectivity index (χ1v) is 5.16. The van der Waals surface area contributed by atoms with E-state index >= 15 is 0 Å². The Bertz CT molecular complexity index is 528. The van der Waals surface area contributed by atoms with Crippen molar-refractivity contribution in [1.29, 1.82) is 0 Å². The predicted molar refractivity (Wildman–Crippen MR) is 60.6 cm³/mol. The molecule has 2 N–H and O–H groups in total. The number of ether oxygens (including phenoxy) is 1. The lowest BCUT2D eigenvalue weighted by Crippen LogP contribution is -1.92. The molecule has 16 heavy (non-hydrogen) atoms. The Morgan fingerprint density at radius 2 is 2.19 bits per heavy atom. The molecular formula is C10H8BrFN2O2. The summed E-state index contributed by atoms with van der Waals surface area (Å²) in [6, 6.07) is 3.06. The van der Waals surface area contributed by atoms with E-state index in [4.69, 9.17) is 15.0 Å². The van der Waals surface area contributed by atoms with Crippen molar-refractivity contribution in [3.05, 3.63) is 28.6 Å². The van der Waals surface area contributed by atoms with Crippen LogP contribution in [0.25, 0.3) is 11.1 Å². The van der Waals surface area contributed by atoms with E-state index < -0.39 is 5.82 Å². The highest BCUT2D eigenvalue weighted by Gasteiger charge is 2.16. The molecule has 84 valence electrons. The molecule has 0 aliphatic rings. The van der Waals surface area contributed by atoms with E-state index in [1.54, 1.807) is 0 Å². The summed E-state index contributed by atoms with van der Waals surface area (Å²) in [5.41, 5.74) is 6.21. The summed E-state index contributed by atoms with van der Waals surface area (Å²) in [5, 5.41) is 3.50. The molecular weight excluding hydrogens is 279 g/mol. The molecule has 0 radical (unpaired) electrons. The molecule has 1 heterocycles. The van der Waals surface area contributed by atoms with Crippen molar-refractivity contribution in [2.45, 2.75) is 0 Å². The summed E-state index contributed by atoms with van der Waals surface area (Å²) in [5.74, 6) is 0.152. The van der Waals surface area contributed by atoms with Crippen molar-refractivity contribution >= 4 is 21.8 Å². The minimum absolute atomic E-state index is 0.0686. The number of benzene rings is 1. The zero-order valence-electron chi connectivity index (χ0n) is 8.33. The van der Waals surface area contributed by atoms with Gasteiger partial charge in [-0.1, -0.05) is 5.16 Å². The Kier molecular flexibility index (Phi) is 2.82. The minimum atomic E-state index is -0.435. The van der Waals surface area contributed by atoms with Crippen LogP contribution in [0.5, 0.6) is 5.75 Å². The van der Waals surface area contributed by atoms with Crippen LogP contribution in [-0.4, -0.2) is 12.3 Å². The molecule has 6 heteroatoms. The zero-order valence-corrected chi connectivity index (χ0v) is 9.92. The summed E-state index contributed by atoms with van der Waals surface area (Å²) in [6.07, 6.45) is 1.36. The van der Waals surface area contributed by atoms with Crippen LogP contribution in [-0.2, 0) is 0 Å². The topological polar surface area (TPSA) is 61.3 Å². The van der Waals surface area contributed by atoms with Gasteiger partial charge >= 0.3 is 0 Å².